The van der Waals surface area contributed by atoms with Crippen LogP contribution >= 0.6 is 0 Å². The minimum atomic E-state index is 0.0644. The summed E-state index contributed by atoms with van der Waals surface area (Å²) in [5, 5.41) is 3.04. The molecule has 0 spiro atoms. The van der Waals surface area contributed by atoms with Crippen molar-refractivity contribution >= 4 is 5.91 Å². The van der Waals surface area contributed by atoms with Crippen molar-refractivity contribution < 1.29 is 9.21 Å². The molecule has 140 valence electrons. The van der Waals surface area contributed by atoms with Gasteiger partial charge in [-0.25, -0.2) is 4.98 Å². The maximum atomic E-state index is 12.3. The molecule has 5 nitrogen and oxygen atoms in total. The Morgan fingerprint density at radius 1 is 1.38 bits per heavy atom. The van der Waals surface area contributed by atoms with Crippen molar-refractivity contribution in [2.75, 3.05) is 13.1 Å². The molecule has 0 saturated carbocycles. The van der Waals surface area contributed by atoms with E-state index in [4.69, 9.17) is 9.40 Å². The summed E-state index contributed by atoms with van der Waals surface area (Å²) in [7, 11) is 0. The molecule has 1 N–H and O–H groups in total. The number of benzene rings is 1. The van der Waals surface area contributed by atoms with Crippen molar-refractivity contribution in [2.24, 2.45) is 5.92 Å². The molecule has 2 heterocycles. The first kappa shape index (κ1) is 18.6. The van der Waals surface area contributed by atoms with E-state index in [0.29, 0.717) is 5.89 Å². The number of carbonyl (C=O) groups is 1. The van der Waals surface area contributed by atoms with Crippen molar-refractivity contribution in [3.05, 3.63) is 41.3 Å². The van der Waals surface area contributed by atoms with E-state index < -0.39 is 0 Å². The first-order valence-electron chi connectivity index (χ1n) is 9.48. The summed E-state index contributed by atoms with van der Waals surface area (Å²) in [4.78, 5) is 19.4. The van der Waals surface area contributed by atoms with E-state index in [1.165, 1.54) is 5.56 Å². The second-order valence-electron chi connectivity index (χ2n) is 7.63. The lowest BCUT2D eigenvalue weighted by molar-refractivity contribution is -0.127. The van der Waals surface area contributed by atoms with Crippen LogP contribution in [0.15, 0.2) is 28.7 Å². The van der Waals surface area contributed by atoms with Crippen LogP contribution in [-0.4, -0.2) is 34.9 Å². The normalized spacial score (nSPS) is 18.3. The van der Waals surface area contributed by atoms with Crippen LogP contribution in [0.4, 0.5) is 0 Å². The Hall–Kier alpha value is -2.14. The van der Waals surface area contributed by atoms with E-state index >= 15 is 0 Å². The summed E-state index contributed by atoms with van der Waals surface area (Å²) in [5.74, 6) is 1.76. The minimum Gasteiger partial charge on any atom is -0.441 e. The highest BCUT2D eigenvalue weighted by molar-refractivity contribution is 5.79. The number of nitrogens with zero attached hydrogens (tertiary/aromatic N) is 2. The lowest BCUT2D eigenvalue weighted by Crippen LogP contribution is -2.44. The van der Waals surface area contributed by atoms with Gasteiger partial charge in [0.25, 0.3) is 0 Å². The van der Waals surface area contributed by atoms with Crippen LogP contribution in [0.5, 0.6) is 0 Å². The van der Waals surface area contributed by atoms with E-state index in [2.05, 4.69) is 29.3 Å². The van der Waals surface area contributed by atoms with Crippen LogP contribution in [0.2, 0.25) is 0 Å². The first-order chi connectivity index (χ1) is 12.4. The lowest BCUT2D eigenvalue weighted by atomic mass is 9.96. The van der Waals surface area contributed by atoms with Gasteiger partial charge in [-0.15, -0.1) is 0 Å². The van der Waals surface area contributed by atoms with Crippen LogP contribution in [0.1, 0.15) is 43.7 Å². The quantitative estimate of drug-likeness (QED) is 0.888. The SMILES string of the molecule is Cc1cccc(-c2nc(CN3CCCC(C(=O)NC(C)C)C3)c(C)o2)c1. The van der Waals surface area contributed by atoms with E-state index in [9.17, 15) is 4.79 Å². The molecular weight excluding hydrogens is 326 g/mol. The fraction of sp³-hybridized carbons (Fsp3) is 0.524. The summed E-state index contributed by atoms with van der Waals surface area (Å²) in [5.41, 5.74) is 3.16. The average molecular weight is 355 g/mol. The Balaban J connectivity index is 1.68. The number of amides is 1. The zero-order valence-corrected chi connectivity index (χ0v) is 16.2. The molecule has 1 saturated heterocycles. The largest absolute Gasteiger partial charge is 0.441 e. The highest BCUT2D eigenvalue weighted by Crippen LogP contribution is 2.25. The molecule has 1 atom stereocenters. The maximum absolute atomic E-state index is 12.3. The van der Waals surface area contributed by atoms with Crippen molar-refractivity contribution in [2.45, 2.75) is 53.1 Å². The van der Waals surface area contributed by atoms with Gasteiger partial charge in [-0.1, -0.05) is 17.7 Å². The molecule has 3 rings (SSSR count). The maximum Gasteiger partial charge on any atom is 0.226 e. The molecule has 1 aromatic carbocycles. The number of oxazole rings is 1. The fourth-order valence-corrected chi connectivity index (χ4v) is 3.50. The molecule has 1 aromatic heterocycles. The number of carbonyl (C=O) groups excluding carboxylic acids is 1. The molecule has 1 amide bonds. The number of aryl methyl sites for hydroxylation is 2. The third-order valence-electron chi connectivity index (χ3n) is 4.84. The second kappa shape index (κ2) is 8.04. The predicted molar refractivity (Wildman–Crippen MR) is 103 cm³/mol. The molecule has 2 aromatic rings. The number of hydrogen-bond donors (Lipinski definition) is 1. The second-order valence-corrected chi connectivity index (χ2v) is 7.63. The standard InChI is InChI=1S/C21H29N3O2/c1-14(2)22-20(25)18-9-6-10-24(12-18)13-19-16(4)26-21(23-19)17-8-5-7-15(3)11-17/h5,7-8,11,14,18H,6,9-10,12-13H2,1-4H3,(H,22,25). The monoisotopic (exact) mass is 355 g/mol. The fourth-order valence-electron chi connectivity index (χ4n) is 3.50. The molecule has 0 bridgehead atoms. The molecule has 1 unspecified atom stereocenters. The predicted octanol–water partition coefficient (Wildman–Crippen LogP) is 3.70. The van der Waals surface area contributed by atoms with Gasteiger partial charge in [0, 0.05) is 24.7 Å². The number of likely N-dealkylation sites (tertiary alicyclic amines) is 1. The summed E-state index contributed by atoms with van der Waals surface area (Å²) in [6, 6.07) is 8.38. The third-order valence-corrected chi connectivity index (χ3v) is 4.84. The minimum absolute atomic E-state index is 0.0644. The van der Waals surface area contributed by atoms with Crippen LogP contribution in [0.3, 0.4) is 0 Å². The summed E-state index contributed by atoms with van der Waals surface area (Å²) >= 11 is 0. The highest BCUT2D eigenvalue weighted by atomic mass is 16.4. The molecule has 1 aliphatic heterocycles. The molecule has 5 heteroatoms. The zero-order chi connectivity index (χ0) is 18.7. The lowest BCUT2D eigenvalue weighted by Gasteiger charge is -2.31. The van der Waals surface area contributed by atoms with Crippen molar-refractivity contribution in [3.8, 4) is 11.5 Å². The molecule has 1 aliphatic rings. The summed E-state index contributed by atoms with van der Waals surface area (Å²) in [6.45, 7) is 10.5. The van der Waals surface area contributed by atoms with E-state index in [1.54, 1.807) is 0 Å². The van der Waals surface area contributed by atoms with E-state index in [0.717, 1.165) is 49.5 Å². The van der Waals surface area contributed by atoms with Gasteiger partial charge in [0.15, 0.2) is 0 Å². The Morgan fingerprint density at radius 3 is 2.92 bits per heavy atom. The Morgan fingerprint density at radius 2 is 2.19 bits per heavy atom. The number of hydrogen-bond acceptors (Lipinski definition) is 4. The van der Waals surface area contributed by atoms with Gasteiger partial charge in [0.1, 0.15) is 5.76 Å². The number of rotatable bonds is 5. The molecular formula is C21H29N3O2. The van der Waals surface area contributed by atoms with Gasteiger partial charge >= 0.3 is 0 Å². The van der Waals surface area contributed by atoms with Crippen molar-refractivity contribution in [1.82, 2.24) is 15.2 Å². The van der Waals surface area contributed by atoms with Gasteiger partial charge in [-0.05, 0) is 59.2 Å². The summed E-state index contributed by atoms with van der Waals surface area (Å²) in [6.07, 6.45) is 2.00. The van der Waals surface area contributed by atoms with Gasteiger partial charge in [-0.3, -0.25) is 9.69 Å². The van der Waals surface area contributed by atoms with Gasteiger partial charge in [-0.2, -0.15) is 0 Å². The van der Waals surface area contributed by atoms with Crippen molar-refractivity contribution in [3.63, 3.8) is 0 Å². The third kappa shape index (κ3) is 4.52. The van der Waals surface area contributed by atoms with E-state index in [1.807, 2.05) is 32.9 Å². The topological polar surface area (TPSA) is 58.4 Å². The zero-order valence-electron chi connectivity index (χ0n) is 16.2. The van der Waals surface area contributed by atoms with E-state index in [-0.39, 0.29) is 17.9 Å². The smallest absolute Gasteiger partial charge is 0.226 e. The Labute approximate surface area is 155 Å². The Kier molecular flexibility index (Phi) is 5.77. The average Bonchev–Trinajstić information content (AvgIpc) is 2.95. The molecule has 0 radical (unpaired) electrons. The number of piperidine rings is 1. The van der Waals surface area contributed by atoms with Crippen LogP contribution in [-0.2, 0) is 11.3 Å². The Bertz CT molecular complexity index is 766. The van der Waals surface area contributed by atoms with Crippen LogP contribution in [0.25, 0.3) is 11.5 Å². The van der Waals surface area contributed by atoms with Crippen LogP contribution in [0, 0.1) is 19.8 Å². The number of aromatic nitrogens is 1. The molecule has 1 fully saturated rings. The van der Waals surface area contributed by atoms with Gasteiger partial charge < -0.3 is 9.73 Å². The highest BCUT2D eigenvalue weighted by Gasteiger charge is 2.27. The first-order valence-corrected chi connectivity index (χ1v) is 9.48. The van der Waals surface area contributed by atoms with Crippen LogP contribution < -0.4 is 5.32 Å². The number of nitrogens with one attached hydrogen (secondary N) is 1. The molecule has 0 aliphatic carbocycles. The van der Waals surface area contributed by atoms with Gasteiger partial charge in [0.2, 0.25) is 11.8 Å². The molecule has 26 heavy (non-hydrogen) atoms. The van der Waals surface area contributed by atoms with Gasteiger partial charge in [0.05, 0.1) is 11.6 Å². The summed E-state index contributed by atoms with van der Waals surface area (Å²) < 4.78 is 5.91. The van der Waals surface area contributed by atoms with Crippen molar-refractivity contribution in [1.29, 1.82) is 0 Å².